The molecule has 0 atom stereocenters. The number of hydrogen-bond donors (Lipinski definition) is 1. The molecule has 1 fully saturated rings. The highest BCUT2D eigenvalue weighted by Gasteiger charge is 2.18. The van der Waals surface area contributed by atoms with Crippen molar-refractivity contribution >= 4 is 16.7 Å². The van der Waals surface area contributed by atoms with Gasteiger partial charge in [0, 0.05) is 32.7 Å². The number of aromatic nitrogens is 2. The molecule has 6 heteroatoms. The fraction of sp³-hybridized carbons (Fsp3) is 0.409. The van der Waals surface area contributed by atoms with E-state index in [-0.39, 0.29) is 11.5 Å². The second-order valence-corrected chi connectivity index (χ2v) is 7.44. The number of nitrogens with one attached hydrogen (secondary N) is 1. The van der Waals surface area contributed by atoms with Crippen molar-refractivity contribution < 1.29 is 4.39 Å². The van der Waals surface area contributed by atoms with Crippen molar-refractivity contribution in [3.8, 4) is 0 Å². The van der Waals surface area contributed by atoms with Gasteiger partial charge in [0.15, 0.2) is 0 Å². The van der Waals surface area contributed by atoms with Crippen molar-refractivity contribution in [2.75, 3.05) is 37.6 Å². The minimum absolute atomic E-state index is 0.0227. The van der Waals surface area contributed by atoms with Crippen molar-refractivity contribution in [1.29, 1.82) is 0 Å². The van der Waals surface area contributed by atoms with Crippen LogP contribution in [0.2, 0.25) is 0 Å². The number of aryl methyl sites for hydroxylation is 1. The molecule has 3 aromatic rings. The maximum absolute atomic E-state index is 13.9. The molecule has 0 saturated carbocycles. The average Bonchev–Trinajstić information content (AvgIpc) is 3.04. The Balaban J connectivity index is 1.19. The first-order chi connectivity index (χ1) is 13.7. The van der Waals surface area contributed by atoms with Crippen molar-refractivity contribution in [2.45, 2.75) is 25.8 Å². The van der Waals surface area contributed by atoms with Gasteiger partial charge in [-0.3, -0.25) is 9.47 Å². The van der Waals surface area contributed by atoms with E-state index in [1.54, 1.807) is 6.07 Å². The lowest BCUT2D eigenvalue weighted by Gasteiger charge is -2.36. The predicted octanol–water partition coefficient (Wildman–Crippen LogP) is 3.46. The Morgan fingerprint density at radius 3 is 2.39 bits per heavy atom. The van der Waals surface area contributed by atoms with Gasteiger partial charge < -0.3 is 9.88 Å². The third kappa shape index (κ3) is 4.12. The fourth-order valence-electron chi connectivity index (χ4n) is 4.03. The number of H-pyrrole nitrogens is 1. The summed E-state index contributed by atoms with van der Waals surface area (Å²) in [6.07, 6.45) is 3.22. The lowest BCUT2D eigenvalue weighted by molar-refractivity contribution is 0.251. The minimum atomic E-state index is -0.136. The number of para-hydroxylation sites is 3. The first-order valence-corrected chi connectivity index (χ1v) is 10.1. The number of fused-ring (bicyclic) bond motifs is 1. The van der Waals surface area contributed by atoms with Gasteiger partial charge in [0.2, 0.25) is 0 Å². The Bertz CT molecular complexity index is 972. The van der Waals surface area contributed by atoms with Crippen molar-refractivity contribution in [2.24, 2.45) is 0 Å². The van der Waals surface area contributed by atoms with Gasteiger partial charge in [-0.15, -0.1) is 0 Å². The third-order valence-corrected chi connectivity index (χ3v) is 5.60. The standard InChI is InChI=1S/C22H27FN4O/c23-18-8-2-4-10-20(18)26-16-14-25(15-17-26)12-6-1-7-13-27-21-11-5-3-9-19(21)24-22(27)28/h2-5,8-11H,1,6-7,12-17H2,(H,24,28). The van der Waals surface area contributed by atoms with Crippen molar-refractivity contribution in [3.05, 3.63) is 64.8 Å². The molecule has 148 valence electrons. The van der Waals surface area contributed by atoms with Gasteiger partial charge in [-0.25, -0.2) is 9.18 Å². The molecule has 2 aromatic carbocycles. The SMILES string of the molecule is O=c1[nH]c2ccccc2n1CCCCCN1CCN(c2ccccc2F)CC1. The predicted molar refractivity (Wildman–Crippen MR) is 111 cm³/mol. The van der Waals surface area contributed by atoms with E-state index >= 15 is 0 Å². The Hall–Kier alpha value is -2.60. The van der Waals surface area contributed by atoms with E-state index in [9.17, 15) is 9.18 Å². The molecule has 4 rings (SSSR count). The van der Waals surface area contributed by atoms with Gasteiger partial charge >= 0.3 is 5.69 Å². The summed E-state index contributed by atoms with van der Waals surface area (Å²) in [5.74, 6) is -0.136. The minimum Gasteiger partial charge on any atom is -0.367 e. The van der Waals surface area contributed by atoms with Crippen LogP contribution in [-0.4, -0.2) is 47.2 Å². The molecule has 1 aromatic heterocycles. The number of anilines is 1. The van der Waals surface area contributed by atoms with Crippen LogP contribution >= 0.6 is 0 Å². The molecule has 28 heavy (non-hydrogen) atoms. The van der Waals surface area contributed by atoms with E-state index in [1.807, 2.05) is 41.0 Å². The highest BCUT2D eigenvalue weighted by atomic mass is 19.1. The van der Waals surface area contributed by atoms with E-state index in [1.165, 1.54) is 6.07 Å². The van der Waals surface area contributed by atoms with Crippen LogP contribution in [0.1, 0.15) is 19.3 Å². The normalized spacial score (nSPS) is 15.4. The monoisotopic (exact) mass is 382 g/mol. The number of hydrogen-bond acceptors (Lipinski definition) is 3. The molecule has 0 radical (unpaired) electrons. The molecule has 1 saturated heterocycles. The summed E-state index contributed by atoms with van der Waals surface area (Å²) in [4.78, 5) is 19.6. The van der Waals surface area contributed by atoms with Crippen LogP contribution in [0.3, 0.4) is 0 Å². The molecule has 1 N–H and O–H groups in total. The highest BCUT2D eigenvalue weighted by Crippen LogP contribution is 2.20. The van der Waals surface area contributed by atoms with Crippen LogP contribution in [0.5, 0.6) is 0 Å². The van der Waals surface area contributed by atoms with Crippen LogP contribution in [-0.2, 0) is 6.54 Å². The van der Waals surface area contributed by atoms with Gasteiger partial charge in [0.25, 0.3) is 0 Å². The molecule has 1 aliphatic heterocycles. The second-order valence-electron chi connectivity index (χ2n) is 7.44. The third-order valence-electron chi connectivity index (χ3n) is 5.60. The van der Waals surface area contributed by atoms with E-state index in [0.29, 0.717) is 5.69 Å². The molecule has 5 nitrogen and oxygen atoms in total. The zero-order valence-electron chi connectivity index (χ0n) is 16.1. The van der Waals surface area contributed by atoms with Crippen molar-refractivity contribution in [3.63, 3.8) is 0 Å². The number of aromatic amines is 1. The molecule has 0 aliphatic carbocycles. The average molecular weight is 382 g/mol. The van der Waals surface area contributed by atoms with E-state index < -0.39 is 0 Å². The summed E-state index contributed by atoms with van der Waals surface area (Å²) in [6, 6.07) is 14.8. The number of halogens is 1. The molecule has 2 heterocycles. The summed E-state index contributed by atoms with van der Waals surface area (Å²) < 4.78 is 15.8. The summed E-state index contributed by atoms with van der Waals surface area (Å²) in [5.41, 5.74) is 2.58. The first kappa shape index (κ1) is 18.7. The molecule has 1 aliphatic rings. The number of rotatable bonds is 7. The first-order valence-electron chi connectivity index (χ1n) is 10.1. The number of piperazine rings is 1. The maximum Gasteiger partial charge on any atom is 0.326 e. The van der Waals surface area contributed by atoms with Gasteiger partial charge in [-0.1, -0.05) is 30.7 Å². The van der Waals surface area contributed by atoms with Crippen LogP contribution in [0.4, 0.5) is 10.1 Å². The maximum atomic E-state index is 13.9. The number of imidazole rings is 1. The van der Waals surface area contributed by atoms with Crippen LogP contribution < -0.4 is 10.6 Å². The van der Waals surface area contributed by atoms with Gasteiger partial charge in [0.1, 0.15) is 5.82 Å². The van der Waals surface area contributed by atoms with Gasteiger partial charge in [-0.05, 0) is 43.7 Å². The molecular formula is C22H27FN4O. The lowest BCUT2D eigenvalue weighted by Crippen LogP contribution is -2.46. The molecule has 0 bridgehead atoms. The highest BCUT2D eigenvalue weighted by molar-refractivity contribution is 5.74. The van der Waals surface area contributed by atoms with E-state index in [0.717, 1.165) is 69.6 Å². The fourth-order valence-corrected chi connectivity index (χ4v) is 4.03. The number of nitrogens with zero attached hydrogens (tertiary/aromatic N) is 3. The topological polar surface area (TPSA) is 44.3 Å². The molecule has 0 spiro atoms. The van der Waals surface area contributed by atoms with Crippen molar-refractivity contribution in [1.82, 2.24) is 14.5 Å². The smallest absolute Gasteiger partial charge is 0.326 e. The van der Waals surface area contributed by atoms with Gasteiger partial charge in [-0.2, -0.15) is 0 Å². The molecular weight excluding hydrogens is 355 g/mol. The Morgan fingerprint density at radius 2 is 1.57 bits per heavy atom. The van der Waals surface area contributed by atoms with Gasteiger partial charge in [0.05, 0.1) is 16.7 Å². The quantitative estimate of drug-likeness (QED) is 0.637. The summed E-state index contributed by atoms with van der Waals surface area (Å²) in [7, 11) is 0. The van der Waals surface area contributed by atoms with Crippen LogP contribution in [0.15, 0.2) is 53.3 Å². The number of unbranched alkanes of at least 4 members (excludes halogenated alkanes) is 2. The molecule has 0 amide bonds. The van der Waals surface area contributed by atoms with E-state index in [2.05, 4.69) is 14.8 Å². The lowest BCUT2D eigenvalue weighted by atomic mass is 10.2. The second kappa shape index (κ2) is 8.61. The number of benzene rings is 2. The Morgan fingerprint density at radius 1 is 0.857 bits per heavy atom. The Labute approximate surface area is 164 Å². The van der Waals surface area contributed by atoms with E-state index in [4.69, 9.17) is 0 Å². The van der Waals surface area contributed by atoms with Crippen LogP contribution in [0.25, 0.3) is 11.0 Å². The zero-order valence-corrected chi connectivity index (χ0v) is 16.1. The Kier molecular flexibility index (Phi) is 5.76. The molecule has 0 unspecified atom stereocenters. The summed E-state index contributed by atoms with van der Waals surface area (Å²) in [5, 5.41) is 0. The largest absolute Gasteiger partial charge is 0.367 e. The van der Waals surface area contributed by atoms with Crippen LogP contribution in [0, 0.1) is 5.82 Å². The zero-order chi connectivity index (χ0) is 19.3. The summed E-state index contributed by atoms with van der Waals surface area (Å²) >= 11 is 0. The summed E-state index contributed by atoms with van der Waals surface area (Å²) in [6.45, 7) is 5.49.